The van der Waals surface area contributed by atoms with Gasteiger partial charge in [0.05, 0.1) is 23.7 Å². The van der Waals surface area contributed by atoms with Crippen molar-refractivity contribution in [2.45, 2.75) is 38.5 Å². The van der Waals surface area contributed by atoms with Crippen LogP contribution >= 0.6 is 0 Å². The van der Waals surface area contributed by atoms with Crippen LogP contribution in [0.25, 0.3) is 5.57 Å². The van der Waals surface area contributed by atoms with Crippen molar-refractivity contribution in [1.82, 2.24) is 4.90 Å². The fraction of sp³-hybridized carbons (Fsp3) is 0.417. The number of ether oxygens (including phenoxy) is 2. The summed E-state index contributed by atoms with van der Waals surface area (Å²) in [4.78, 5) is 13.7. The largest absolute Gasteiger partial charge is 0.483 e. The lowest BCUT2D eigenvalue weighted by Crippen LogP contribution is -2.30. The highest BCUT2D eigenvalue weighted by atomic mass is 16.6. The molecule has 30 heavy (non-hydrogen) atoms. The lowest BCUT2D eigenvalue weighted by molar-refractivity contribution is -0.386. The Morgan fingerprint density at radius 2 is 2.00 bits per heavy atom. The summed E-state index contributed by atoms with van der Waals surface area (Å²) in [6, 6.07) is 14.0. The lowest BCUT2D eigenvalue weighted by atomic mass is 9.88. The van der Waals surface area contributed by atoms with Crippen molar-refractivity contribution < 1.29 is 14.4 Å². The maximum absolute atomic E-state index is 11.5. The van der Waals surface area contributed by atoms with Crippen LogP contribution in [0.4, 0.5) is 5.69 Å². The first-order chi connectivity index (χ1) is 14.6. The molecule has 2 unspecified atom stereocenters. The maximum atomic E-state index is 11.5. The van der Waals surface area contributed by atoms with E-state index in [9.17, 15) is 10.1 Å². The zero-order valence-corrected chi connectivity index (χ0v) is 17.1. The molecule has 0 amide bonds. The molecule has 1 saturated carbocycles. The quantitative estimate of drug-likeness (QED) is 0.527. The minimum Gasteiger partial charge on any atom is -0.483 e. The second-order valence-electron chi connectivity index (χ2n) is 8.58. The highest BCUT2D eigenvalue weighted by Crippen LogP contribution is 2.41. The number of aryl methyl sites for hydroxylation is 1. The summed E-state index contributed by atoms with van der Waals surface area (Å²) in [6.07, 6.45) is 4.30. The third kappa shape index (κ3) is 3.98. The van der Waals surface area contributed by atoms with Crippen LogP contribution in [0.15, 0.2) is 48.5 Å². The van der Waals surface area contributed by atoms with Gasteiger partial charge in [0.25, 0.3) is 0 Å². The highest BCUT2D eigenvalue weighted by molar-refractivity contribution is 5.74. The average molecular weight is 406 g/mol. The molecular formula is C24H26N2O4. The van der Waals surface area contributed by atoms with E-state index >= 15 is 0 Å². The molecule has 6 heteroatoms. The summed E-state index contributed by atoms with van der Waals surface area (Å²) < 4.78 is 12.0. The normalized spacial score (nSPS) is 23.7. The van der Waals surface area contributed by atoms with Crippen molar-refractivity contribution in [2.24, 2.45) is 5.92 Å². The van der Waals surface area contributed by atoms with Gasteiger partial charge in [-0.15, -0.1) is 0 Å². The van der Waals surface area contributed by atoms with Crippen LogP contribution in [-0.4, -0.2) is 41.7 Å². The van der Waals surface area contributed by atoms with Gasteiger partial charge < -0.3 is 9.47 Å². The Bertz CT molecular complexity index is 984. The Hall–Kier alpha value is -2.70. The van der Waals surface area contributed by atoms with Crippen molar-refractivity contribution in [3.8, 4) is 5.75 Å². The van der Waals surface area contributed by atoms with E-state index in [1.807, 2.05) is 19.1 Å². The number of hydrogen-bond acceptors (Lipinski definition) is 5. The molecule has 0 aromatic heterocycles. The SMILES string of the molecule is Cc1cc([N+](=O)[O-])c(OC2CC2)cc1C1=CC2CN(Cc3ccccc3)CC1CO2. The van der Waals surface area contributed by atoms with E-state index in [-0.39, 0.29) is 28.7 Å². The predicted molar refractivity (Wildman–Crippen MR) is 114 cm³/mol. The fourth-order valence-electron chi connectivity index (χ4n) is 4.48. The van der Waals surface area contributed by atoms with E-state index in [0.717, 1.165) is 43.6 Å². The van der Waals surface area contributed by atoms with Gasteiger partial charge in [-0.25, -0.2) is 0 Å². The first kappa shape index (κ1) is 19.3. The van der Waals surface area contributed by atoms with E-state index in [2.05, 4.69) is 35.2 Å². The summed E-state index contributed by atoms with van der Waals surface area (Å²) in [6.45, 7) is 5.29. The Balaban J connectivity index is 1.43. The molecule has 2 aromatic rings. The zero-order chi connectivity index (χ0) is 20.7. The molecule has 2 aromatic carbocycles. The van der Waals surface area contributed by atoms with Gasteiger partial charge in [0.15, 0.2) is 5.75 Å². The molecular weight excluding hydrogens is 380 g/mol. The highest BCUT2D eigenvalue weighted by Gasteiger charge is 2.34. The summed E-state index contributed by atoms with van der Waals surface area (Å²) in [5, 5.41) is 11.5. The second kappa shape index (κ2) is 7.85. The molecule has 1 aliphatic carbocycles. The number of nitrogens with zero attached hydrogens (tertiary/aromatic N) is 2. The second-order valence-corrected chi connectivity index (χ2v) is 8.58. The molecule has 6 rings (SSSR count). The molecule has 6 nitrogen and oxygen atoms in total. The number of fused-ring (bicyclic) bond motifs is 3. The summed E-state index contributed by atoms with van der Waals surface area (Å²) >= 11 is 0. The van der Waals surface area contributed by atoms with E-state index in [1.54, 1.807) is 6.07 Å². The average Bonchev–Trinajstić information content (AvgIpc) is 3.57. The van der Waals surface area contributed by atoms with E-state index in [1.165, 1.54) is 11.1 Å². The van der Waals surface area contributed by atoms with Crippen LogP contribution in [0.1, 0.15) is 29.5 Å². The van der Waals surface area contributed by atoms with Gasteiger partial charge in [0, 0.05) is 31.6 Å². The van der Waals surface area contributed by atoms with Crippen LogP contribution in [-0.2, 0) is 11.3 Å². The molecule has 0 radical (unpaired) electrons. The summed E-state index contributed by atoms with van der Waals surface area (Å²) in [7, 11) is 0. The van der Waals surface area contributed by atoms with E-state index < -0.39 is 0 Å². The minimum absolute atomic E-state index is 0.0323. The Kier molecular flexibility index (Phi) is 5.05. The number of benzene rings is 2. The van der Waals surface area contributed by atoms with Crippen molar-refractivity contribution in [2.75, 3.05) is 19.7 Å². The van der Waals surface area contributed by atoms with Gasteiger partial charge in [0.2, 0.25) is 0 Å². The molecule has 156 valence electrons. The maximum Gasteiger partial charge on any atom is 0.311 e. The summed E-state index contributed by atoms with van der Waals surface area (Å²) in [5.74, 6) is 0.632. The van der Waals surface area contributed by atoms with Crippen LogP contribution in [0.3, 0.4) is 0 Å². The smallest absolute Gasteiger partial charge is 0.311 e. The van der Waals surface area contributed by atoms with Gasteiger partial charge in [-0.1, -0.05) is 36.4 Å². The van der Waals surface area contributed by atoms with E-state index in [0.29, 0.717) is 12.4 Å². The Morgan fingerprint density at radius 3 is 2.73 bits per heavy atom. The van der Waals surface area contributed by atoms with E-state index in [4.69, 9.17) is 9.47 Å². The molecule has 3 heterocycles. The molecule has 3 aliphatic heterocycles. The Labute approximate surface area is 176 Å². The van der Waals surface area contributed by atoms with Crippen LogP contribution < -0.4 is 4.74 Å². The number of nitro groups is 1. The van der Waals surface area contributed by atoms with Gasteiger partial charge >= 0.3 is 5.69 Å². The van der Waals surface area contributed by atoms with Crippen LogP contribution in [0.2, 0.25) is 0 Å². The van der Waals surface area contributed by atoms with Crippen LogP contribution in [0, 0.1) is 23.0 Å². The van der Waals surface area contributed by atoms with Crippen molar-refractivity contribution in [3.63, 3.8) is 0 Å². The third-order valence-corrected chi connectivity index (χ3v) is 6.11. The van der Waals surface area contributed by atoms with Gasteiger partial charge in [0.1, 0.15) is 0 Å². The standard InChI is InChI=1S/C24H26N2O4/c1-16-9-23(26(27)28)24(30-19-7-8-19)11-21(16)22-10-20-14-25(13-18(22)15-29-20)12-17-5-3-2-4-6-17/h2-6,9-11,18-20H,7-8,12-15H2,1H3. The molecule has 2 bridgehead atoms. The Morgan fingerprint density at radius 1 is 1.20 bits per heavy atom. The van der Waals surface area contributed by atoms with Crippen molar-refractivity contribution in [3.05, 3.63) is 75.3 Å². The van der Waals surface area contributed by atoms with Crippen LogP contribution in [0.5, 0.6) is 5.75 Å². The topological polar surface area (TPSA) is 64.8 Å². The fourth-order valence-corrected chi connectivity index (χ4v) is 4.48. The molecule has 1 saturated heterocycles. The molecule has 2 atom stereocenters. The molecule has 2 fully saturated rings. The van der Waals surface area contributed by atoms with Gasteiger partial charge in [-0.2, -0.15) is 0 Å². The zero-order valence-electron chi connectivity index (χ0n) is 17.1. The summed E-state index contributed by atoms with van der Waals surface area (Å²) in [5.41, 5.74) is 4.56. The molecule has 4 aliphatic rings. The minimum atomic E-state index is -0.340. The van der Waals surface area contributed by atoms with Crippen molar-refractivity contribution in [1.29, 1.82) is 0 Å². The lowest BCUT2D eigenvalue weighted by Gasteiger charge is -2.26. The molecule has 0 N–H and O–H groups in total. The van der Waals surface area contributed by atoms with Crippen molar-refractivity contribution >= 4 is 11.3 Å². The van der Waals surface area contributed by atoms with Gasteiger partial charge in [-0.05, 0) is 48.1 Å². The first-order valence-electron chi connectivity index (χ1n) is 10.6. The van der Waals surface area contributed by atoms with Gasteiger partial charge in [-0.3, -0.25) is 15.0 Å². The number of rotatable bonds is 6. The molecule has 0 spiro atoms. The monoisotopic (exact) mass is 406 g/mol. The number of nitro benzene ring substituents is 1. The third-order valence-electron chi connectivity index (χ3n) is 6.11. The first-order valence-corrected chi connectivity index (χ1v) is 10.6. The number of hydrogen-bond donors (Lipinski definition) is 0. The predicted octanol–water partition coefficient (Wildman–Crippen LogP) is 4.36.